The van der Waals surface area contributed by atoms with Crippen LogP contribution in [0.2, 0.25) is 0 Å². The molecule has 2 unspecified atom stereocenters. The van der Waals surface area contributed by atoms with Crippen LogP contribution in [0.4, 0.5) is 0 Å². The molecule has 1 aromatic carbocycles. The maximum atomic E-state index is 5.71. The Morgan fingerprint density at radius 2 is 2.18 bits per heavy atom. The van der Waals surface area contributed by atoms with Crippen molar-refractivity contribution >= 4 is 0 Å². The molecule has 17 heavy (non-hydrogen) atoms. The van der Waals surface area contributed by atoms with Crippen molar-refractivity contribution in [2.45, 2.75) is 19.0 Å². The van der Waals surface area contributed by atoms with E-state index in [0.717, 1.165) is 18.1 Å². The molecule has 1 aromatic rings. The molecule has 0 spiro atoms. The van der Waals surface area contributed by atoms with Gasteiger partial charge in [0.15, 0.2) is 0 Å². The lowest BCUT2D eigenvalue weighted by molar-refractivity contribution is 0.0353. The lowest BCUT2D eigenvalue weighted by Crippen LogP contribution is -2.50. The first kappa shape index (κ1) is 12.2. The summed E-state index contributed by atoms with van der Waals surface area (Å²) < 4.78 is 16.3. The van der Waals surface area contributed by atoms with Crippen LogP contribution >= 0.6 is 0 Å². The lowest BCUT2D eigenvalue weighted by atomic mass is 10.2. The van der Waals surface area contributed by atoms with Crippen molar-refractivity contribution in [1.82, 2.24) is 5.32 Å². The molecule has 0 amide bonds. The summed E-state index contributed by atoms with van der Waals surface area (Å²) in [6.07, 6.45) is 0. The molecule has 0 aromatic heterocycles. The second-order valence-corrected chi connectivity index (χ2v) is 4.29. The summed E-state index contributed by atoms with van der Waals surface area (Å²) in [6.45, 7) is 4.19. The number of morpholine rings is 1. The minimum atomic E-state index is 0.255. The molecule has 1 aliphatic heterocycles. The molecule has 94 valence electrons. The van der Waals surface area contributed by atoms with Gasteiger partial charge in [0.25, 0.3) is 0 Å². The number of hydrogen-bond donors (Lipinski definition) is 1. The Bertz CT molecular complexity index is 356. The van der Waals surface area contributed by atoms with Gasteiger partial charge in [-0.05, 0) is 19.1 Å². The summed E-state index contributed by atoms with van der Waals surface area (Å²) in [7, 11) is 1.65. The van der Waals surface area contributed by atoms with Gasteiger partial charge in [-0.25, -0.2) is 0 Å². The molecule has 0 radical (unpaired) electrons. The highest BCUT2D eigenvalue weighted by atomic mass is 16.5. The third kappa shape index (κ3) is 3.61. The highest BCUT2D eigenvalue weighted by Crippen LogP contribution is 2.19. The van der Waals surface area contributed by atoms with Gasteiger partial charge in [0.05, 0.1) is 26.4 Å². The largest absolute Gasteiger partial charge is 0.497 e. The summed E-state index contributed by atoms with van der Waals surface area (Å²) in [5, 5.41) is 3.43. The first-order valence-electron chi connectivity index (χ1n) is 5.88. The van der Waals surface area contributed by atoms with Crippen LogP contribution in [0, 0.1) is 0 Å². The average molecular weight is 237 g/mol. The molecule has 1 aliphatic rings. The summed E-state index contributed by atoms with van der Waals surface area (Å²) in [5.41, 5.74) is 0. The Kier molecular flexibility index (Phi) is 4.23. The van der Waals surface area contributed by atoms with Crippen molar-refractivity contribution in [3.63, 3.8) is 0 Å². The molecular formula is C13H19NO3. The van der Waals surface area contributed by atoms with Crippen molar-refractivity contribution in [3.8, 4) is 11.5 Å². The highest BCUT2D eigenvalue weighted by Gasteiger charge is 2.18. The predicted octanol–water partition coefficient (Wildman–Crippen LogP) is 1.45. The average Bonchev–Trinajstić information content (AvgIpc) is 2.37. The number of benzene rings is 1. The van der Waals surface area contributed by atoms with Crippen molar-refractivity contribution in [3.05, 3.63) is 24.3 Å². The fourth-order valence-corrected chi connectivity index (χ4v) is 1.87. The third-order valence-corrected chi connectivity index (χ3v) is 2.70. The van der Waals surface area contributed by atoms with Crippen LogP contribution in [0.3, 0.4) is 0 Å². The van der Waals surface area contributed by atoms with Crippen molar-refractivity contribution in [2.24, 2.45) is 0 Å². The molecule has 0 bridgehead atoms. The Hall–Kier alpha value is -1.26. The molecule has 4 heteroatoms. The van der Waals surface area contributed by atoms with E-state index in [4.69, 9.17) is 14.2 Å². The first-order chi connectivity index (χ1) is 8.28. The maximum absolute atomic E-state index is 5.71. The Balaban J connectivity index is 1.84. The summed E-state index contributed by atoms with van der Waals surface area (Å²) >= 11 is 0. The highest BCUT2D eigenvalue weighted by molar-refractivity contribution is 5.32. The van der Waals surface area contributed by atoms with E-state index < -0.39 is 0 Å². The van der Waals surface area contributed by atoms with Crippen molar-refractivity contribution in [2.75, 3.05) is 26.9 Å². The molecule has 0 aliphatic carbocycles. The molecule has 1 saturated heterocycles. The fourth-order valence-electron chi connectivity index (χ4n) is 1.87. The van der Waals surface area contributed by atoms with Crippen LogP contribution in [-0.4, -0.2) is 39.0 Å². The van der Waals surface area contributed by atoms with E-state index >= 15 is 0 Å². The standard InChI is InChI=1S/C13H19NO3/c1-10-7-16-8-11(14-10)9-17-13-5-3-4-12(6-13)15-2/h3-6,10-11,14H,7-9H2,1-2H3. The van der Waals surface area contributed by atoms with E-state index in [-0.39, 0.29) is 6.04 Å². The van der Waals surface area contributed by atoms with E-state index in [2.05, 4.69) is 12.2 Å². The lowest BCUT2D eigenvalue weighted by Gasteiger charge is -2.28. The zero-order valence-electron chi connectivity index (χ0n) is 10.3. The SMILES string of the molecule is COc1cccc(OCC2COCC(C)N2)c1. The summed E-state index contributed by atoms with van der Waals surface area (Å²) in [6, 6.07) is 8.27. The van der Waals surface area contributed by atoms with Gasteiger partial charge in [0, 0.05) is 12.1 Å². The molecule has 4 nitrogen and oxygen atoms in total. The number of methoxy groups -OCH3 is 1. The zero-order chi connectivity index (χ0) is 12.1. The van der Waals surface area contributed by atoms with Crippen LogP contribution in [0.5, 0.6) is 11.5 Å². The number of hydrogen-bond acceptors (Lipinski definition) is 4. The van der Waals surface area contributed by atoms with Gasteiger partial charge in [0.1, 0.15) is 18.1 Å². The fraction of sp³-hybridized carbons (Fsp3) is 0.538. The Morgan fingerprint density at radius 3 is 2.94 bits per heavy atom. The first-order valence-corrected chi connectivity index (χ1v) is 5.88. The summed E-state index contributed by atoms with van der Waals surface area (Å²) in [4.78, 5) is 0. The molecule has 0 saturated carbocycles. The van der Waals surface area contributed by atoms with Crippen LogP contribution in [-0.2, 0) is 4.74 Å². The van der Waals surface area contributed by atoms with Gasteiger partial charge in [-0.3, -0.25) is 0 Å². The van der Waals surface area contributed by atoms with E-state index in [1.165, 1.54) is 0 Å². The minimum absolute atomic E-state index is 0.255. The van der Waals surface area contributed by atoms with E-state index in [1.807, 2.05) is 24.3 Å². The van der Waals surface area contributed by atoms with Crippen LogP contribution in [0.1, 0.15) is 6.92 Å². The molecular weight excluding hydrogens is 218 g/mol. The van der Waals surface area contributed by atoms with E-state index in [9.17, 15) is 0 Å². The van der Waals surface area contributed by atoms with E-state index in [0.29, 0.717) is 19.3 Å². The van der Waals surface area contributed by atoms with Crippen LogP contribution in [0.15, 0.2) is 24.3 Å². The van der Waals surface area contributed by atoms with Gasteiger partial charge in [-0.2, -0.15) is 0 Å². The zero-order valence-corrected chi connectivity index (χ0v) is 10.3. The van der Waals surface area contributed by atoms with Gasteiger partial charge in [-0.1, -0.05) is 6.07 Å². The van der Waals surface area contributed by atoms with Crippen molar-refractivity contribution < 1.29 is 14.2 Å². The van der Waals surface area contributed by atoms with Gasteiger partial charge >= 0.3 is 0 Å². The number of rotatable bonds is 4. The second kappa shape index (κ2) is 5.89. The van der Waals surface area contributed by atoms with E-state index in [1.54, 1.807) is 7.11 Å². The predicted molar refractivity (Wildman–Crippen MR) is 65.7 cm³/mol. The normalized spacial score (nSPS) is 24.4. The number of ether oxygens (including phenoxy) is 3. The monoisotopic (exact) mass is 237 g/mol. The smallest absolute Gasteiger partial charge is 0.123 e. The molecule has 2 atom stereocenters. The summed E-state index contributed by atoms with van der Waals surface area (Å²) in [5.74, 6) is 1.63. The van der Waals surface area contributed by atoms with Gasteiger partial charge < -0.3 is 19.5 Å². The quantitative estimate of drug-likeness (QED) is 0.860. The molecule has 2 rings (SSSR count). The number of nitrogens with one attached hydrogen (secondary N) is 1. The van der Waals surface area contributed by atoms with Gasteiger partial charge in [-0.15, -0.1) is 0 Å². The van der Waals surface area contributed by atoms with Crippen molar-refractivity contribution in [1.29, 1.82) is 0 Å². The maximum Gasteiger partial charge on any atom is 0.123 e. The third-order valence-electron chi connectivity index (χ3n) is 2.70. The Morgan fingerprint density at radius 1 is 1.35 bits per heavy atom. The minimum Gasteiger partial charge on any atom is -0.497 e. The molecule has 1 fully saturated rings. The van der Waals surface area contributed by atoms with Gasteiger partial charge in [0.2, 0.25) is 0 Å². The second-order valence-electron chi connectivity index (χ2n) is 4.29. The van der Waals surface area contributed by atoms with Crippen LogP contribution in [0.25, 0.3) is 0 Å². The topological polar surface area (TPSA) is 39.7 Å². The molecule has 1 N–H and O–H groups in total. The molecule has 1 heterocycles. The van der Waals surface area contributed by atoms with Crippen LogP contribution < -0.4 is 14.8 Å². The Labute approximate surface area is 102 Å².